The van der Waals surface area contributed by atoms with Crippen LogP contribution < -0.4 is 0 Å². The summed E-state index contributed by atoms with van der Waals surface area (Å²) in [5.74, 6) is -0.217. The Bertz CT molecular complexity index is 742. The van der Waals surface area contributed by atoms with Gasteiger partial charge in [0.2, 0.25) is 0 Å². The van der Waals surface area contributed by atoms with E-state index < -0.39 is 0 Å². The van der Waals surface area contributed by atoms with Gasteiger partial charge in [-0.05, 0) is 29.7 Å². The van der Waals surface area contributed by atoms with Crippen LogP contribution in [0.15, 0.2) is 24.3 Å². The summed E-state index contributed by atoms with van der Waals surface area (Å²) in [6.45, 7) is 0. The molecule has 0 aliphatic carbocycles. The molecule has 2 rings (SSSR count). The molecule has 0 fully saturated rings. The molecule has 0 radical (unpaired) electrons. The topological polar surface area (TPSA) is 91.6 Å². The van der Waals surface area contributed by atoms with Gasteiger partial charge in [-0.2, -0.15) is 15.8 Å². The van der Waals surface area contributed by atoms with Crippen LogP contribution in [0.1, 0.15) is 16.7 Å². The fraction of sp³-hybridized carbons (Fsp3) is 0. The summed E-state index contributed by atoms with van der Waals surface area (Å²) < 4.78 is 0. The first-order chi connectivity index (χ1) is 8.21. The SMILES string of the molecule is N#Cc1ccc2c(O)c(C#N)c(C#N)cc2c1. The van der Waals surface area contributed by atoms with E-state index in [4.69, 9.17) is 15.8 Å². The highest BCUT2D eigenvalue weighted by atomic mass is 16.3. The lowest BCUT2D eigenvalue weighted by Gasteiger charge is -2.04. The molecular formula is C13H5N3O. The molecule has 0 saturated carbocycles. The van der Waals surface area contributed by atoms with Gasteiger partial charge in [0.15, 0.2) is 0 Å². The summed E-state index contributed by atoms with van der Waals surface area (Å²) in [5, 5.41) is 37.4. The summed E-state index contributed by atoms with van der Waals surface area (Å²) in [5.41, 5.74) is 0.503. The minimum Gasteiger partial charge on any atom is -0.506 e. The molecule has 4 nitrogen and oxygen atoms in total. The molecule has 0 amide bonds. The Kier molecular flexibility index (Phi) is 2.37. The molecule has 17 heavy (non-hydrogen) atoms. The second-order valence-electron chi connectivity index (χ2n) is 3.42. The predicted octanol–water partition coefficient (Wildman–Crippen LogP) is 2.16. The van der Waals surface area contributed by atoms with E-state index in [0.29, 0.717) is 16.3 Å². The zero-order valence-corrected chi connectivity index (χ0v) is 8.60. The van der Waals surface area contributed by atoms with Crippen LogP contribution >= 0.6 is 0 Å². The zero-order valence-electron chi connectivity index (χ0n) is 8.60. The lowest BCUT2D eigenvalue weighted by Crippen LogP contribution is -1.87. The molecule has 0 aromatic heterocycles. The molecule has 2 aromatic carbocycles. The fourth-order valence-corrected chi connectivity index (χ4v) is 1.66. The number of phenols is 1. The van der Waals surface area contributed by atoms with Gasteiger partial charge < -0.3 is 5.11 Å². The summed E-state index contributed by atoms with van der Waals surface area (Å²) >= 11 is 0. The Morgan fingerprint density at radius 2 is 1.71 bits per heavy atom. The lowest BCUT2D eigenvalue weighted by atomic mass is 9.99. The van der Waals surface area contributed by atoms with E-state index in [1.165, 1.54) is 6.07 Å². The van der Waals surface area contributed by atoms with E-state index in [-0.39, 0.29) is 16.9 Å². The zero-order chi connectivity index (χ0) is 12.4. The van der Waals surface area contributed by atoms with Crippen molar-refractivity contribution in [2.75, 3.05) is 0 Å². The first-order valence-corrected chi connectivity index (χ1v) is 4.71. The highest BCUT2D eigenvalue weighted by Gasteiger charge is 2.12. The maximum absolute atomic E-state index is 9.87. The fourth-order valence-electron chi connectivity index (χ4n) is 1.66. The van der Waals surface area contributed by atoms with Gasteiger partial charge in [-0.25, -0.2) is 0 Å². The van der Waals surface area contributed by atoms with Gasteiger partial charge in [-0.1, -0.05) is 0 Å². The van der Waals surface area contributed by atoms with Crippen LogP contribution in [0.3, 0.4) is 0 Å². The van der Waals surface area contributed by atoms with Gasteiger partial charge in [0.1, 0.15) is 23.5 Å². The number of aromatic hydroxyl groups is 1. The predicted molar refractivity (Wildman–Crippen MR) is 59.8 cm³/mol. The largest absolute Gasteiger partial charge is 0.506 e. The van der Waals surface area contributed by atoms with Gasteiger partial charge in [-0.15, -0.1) is 0 Å². The Morgan fingerprint density at radius 1 is 0.941 bits per heavy atom. The molecule has 0 bridgehead atoms. The van der Waals surface area contributed by atoms with Crippen LogP contribution in [0, 0.1) is 34.0 Å². The third-order valence-corrected chi connectivity index (χ3v) is 2.47. The molecule has 0 unspecified atom stereocenters. The molecule has 1 N–H and O–H groups in total. The summed E-state index contributed by atoms with van der Waals surface area (Å²) in [6, 6.07) is 11.8. The first kappa shape index (κ1) is 10.5. The van der Waals surface area contributed by atoms with Crippen molar-refractivity contribution in [2.24, 2.45) is 0 Å². The smallest absolute Gasteiger partial charge is 0.142 e. The van der Waals surface area contributed by atoms with Crippen LogP contribution in [0.2, 0.25) is 0 Å². The van der Waals surface area contributed by atoms with Crippen LogP contribution in [0.5, 0.6) is 5.75 Å². The lowest BCUT2D eigenvalue weighted by molar-refractivity contribution is 0.480. The van der Waals surface area contributed by atoms with E-state index >= 15 is 0 Å². The van der Waals surface area contributed by atoms with Crippen LogP contribution in [0.4, 0.5) is 0 Å². The Morgan fingerprint density at radius 3 is 2.29 bits per heavy atom. The van der Waals surface area contributed by atoms with Gasteiger partial charge in [0, 0.05) is 5.39 Å². The normalized spacial score (nSPS) is 9.24. The van der Waals surface area contributed by atoms with E-state index in [1.807, 2.05) is 12.1 Å². The summed E-state index contributed by atoms with van der Waals surface area (Å²) in [7, 11) is 0. The van der Waals surface area contributed by atoms with Crippen LogP contribution in [-0.2, 0) is 0 Å². The second-order valence-corrected chi connectivity index (χ2v) is 3.42. The molecule has 78 valence electrons. The number of nitrogens with zero attached hydrogens (tertiary/aromatic N) is 3. The standard InChI is InChI=1S/C13H5N3O/c14-5-8-1-2-11-9(3-8)4-10(6-15)12(7-16)13(11)17/h1-4,17H. The average molecular weight is 219 g/mol. The molecule has 0 saturated heterocycles. The van der Waals surface area contributed by atoms with Crippen molar-refractivity contribution >= 4 is 10.8 Å². The van der Waals surface area contributed by atoms with Gasteiger partial charge >= 0.3 is 0 Å². The third kappa shape index (κ3) is 1.53. The van der Waals surface area contributed by atoms with Crippen molar-refractivity contribution in [1.29, 1.82) is 15.8 Å². The van der Waals surface area contributed by atoms with Crippen molar-refractivity contribution < 1.29 is 5.11 Å². The first-order valence-electron chi connectivity index (χ1n) is 4.71. The van der Waals surface area contributed by atoms with Gasteiger partial charge in [0.05, 0.1) is 17.2 Å². The number of fused-ring (bicyclic) bond motifs is 1. The van der Waals surface area contributed by atoms with Crippen LogP contribution in [0.25, 0.3) is 10.8 Å². The quantitative estimate of drug-likeness (QED) is 0.734. The minimum atomic E-state index is -0.217. The molecule has 2 aromatic rings. The molecule has 0 aliphatic rings. The maximum atomic E-state index is 9.87. The third-order valence-electron chi connectivity index (χ3n) is 2.47. The van der Waals surface area contributed by atoms with Crippen molar-refractivity contribution in [3.8, 4) is 24.0 Å². The maximum Gasteiger partial charge on any atom is 0.142 e. The number of nitriles is 3. The Balaban J connectivity index is 2.93. The van der Waals surface area contributed by atoms with Crippen molar-refractivity contribution in [3.05, 3.63) is 41.0 Å². The van der Waals surface area contributed by atoms with E-state index in [1.54, 1.807) is 24.3 Å². The van der Waals surface area contributed by atoms with Crippen molar-refractivity contribution in [1.82, 2.24) is 0 Å². The number of hydrogen-bond acceptors (Lipinski definition) is 4. The van der Waals surface area contributed by atoms with Crippen molar-refractivity contribution in [2.45, 2.75) is 0 Å². The Hall–Kier alpha value is -3.03. The molecule has 0 aliphatic heterocycles. The van der Waals surface area contributed by atoms with Crippen LogP contribution in [-0.4, -0.2) is 5.11 Å². The molecular weight excluding hydrogens is 214 g/mol. The number of hydrogen-bond donors (Lipinski definition) is 1. The van der Waals surface area contributed by atoms with Crippen molar-refractivity contribution in [3.63, 3.8) is 0 Å². The average Bonchev–Trinajstić information content (AvgIpc) is 2.37. The molecule has 4 heteroatoms. The van der Waals surface area contributed by atoms with E-state index in [9.17, 15) is 5.11 Å². The van der Waals surface area contributed by atoms with Gasteiger partial charge in [-0.3, -0.25) is 0 Å². The second kappa shape index (κ2) is 3.85. The highest BCUT2D eigenvalue weighted by Crippen LogP contribution is 2.31. The van der Waals surface area contributed by atoms with Gasteiger partial charge in [0.25, 0.3) is 0 Å². The monoisotopic (exact) mass is 219 g/mol. The number of phenolic OH excluding ortho intramolecular Hbond substituents is 1. The molecule has 0 spiro atoms. The number of rotatable bonds is 0. The van der Waals surface area contributed by atoms with E-state index in [2.05, 4.69) is 0 Å². The Labute approximate surface area is 97.2 Å². The van der Waals surface area contributed by atoms with E-state index in [0.717, 1.165) is 0 Å². The summed E-state index contributed by atoms with van der Waals surface area (Å²) in [6.07, 6.45) is 0. The molecule has 0 heterocycles. The minimum absolute atomic E-state index is 0.0373. The summed E-state index contributed by atoms with van der Waals surface area (Å²) in [4.78, 5) is 0. The molecule has 0 atom stereocenters. The highest BCUT2D eigenvalue weighted by molar-refractivity contribution is 5.92. The number of benzene rings is 2.